The minimum Gasteiger partial charge on any atom is -0.303 e. The molecule has 0 saturated carbocycles. The van der Waals surface area contributed by atoms with Gasteiger partial charge in [-0.2, -0.15) is 0 Å². The number of carbonyl (C=O) groups is 1. The number of hydrogen-bond acceptors (Lipinski definition) is 2. The zero-order valence-electron chi connectivity index (χ0n) is 6.57. The standard InChI is InChI=1S/C7H7Br2NO2S/c8-2-4-3-10-5(11)1-6(10)13(12)7(4)9/h3,6-7H,1-2H2/t6-,7?,13?/m0/s1. The van der Waals surface area contributed by atoms with Crippen LogP contribution in [0.2, 0.25) is 0 Å². The highest BCUT2D eigenvalue weighted by molar-refractivity contribution is 9.11. The lowest BCUT2D eigenvalue weighted by molar-refractivity contribution is -0.137. The first-order chi connectivity index (χ1) is 6.15. The van der Waals surface area contributed by atoms with Crippen molar-refractivity contribution in [1.29, 1.82) is 0 Å². The predicted octanol–water partition coefficient (Wildman–Crippen LogP) is 1.31. The average Bonchev–Trinajstić information content (AvgIpc) is 2.12. The Labute approximate surface area is 95.3 Å². The molecule has 1 saturated heterocycles. The van der Waals surface area contributed by atoms with Crippen LogP contribution in [0.1, 0.15) is 6.42 Å². The molecule has 0 spiro atoms. The molecule has 0 bridgehead atoms. The van der Waals surface area contributed by atoms with Crippen LogP contribution in [0.3, 0.4) is 0 Å². The van der Waals surface area contributed by atoms with E-state index in [-0.39, 0.29) is 15.4 Å². The second kappa shape index (κ2) is 3.47. The van der Waals surface area contributed by atoms with Crippen LogP contribution in [0, 0.1) is 0 Å². The molecule has 0 aliphatic carbocycles. The van der Waals surface area contributed by atoms with Gasteiger partial charge in [0.1, 0.15) is 9.53 Å². The van der Waals surface area contributed by atoms with Crippen molar-refractivity contribution >= 4 is 48.6 Å². The number of nitrogens with zero attached hydrogens (tertiary/aromatic N) is 1. The summed E-state index contributed by atoms with van der Waals surface area (Å²) in [5, 5.41) is 0.546. The van der Waals surface area contributed by atoms with Gasteiger partial charge in [0.15, 0.2) is 0 Å². The molecule has 0 aromatic rings. The van der Waals surface area contributed by atoms with Gasteiger partial charge in [-0.25, -0.2) is 0 Å². The van der Waals surface area contributed by atoms with Crippen molar-refractivity contribution in [2.45, 2.75) is 16.0 Å². The number of rotatable bonds is 1. The molecule has 3 nitrogen and oxygen atoms in total. The van der Waals surface area contributed by atoms with E-state index in [9.17, 15) is 9.00 Å². The van der Waals surface area contributed by atoms with Crippen LogP contribution in [0.5, 0.6) is 0 Å². The molecule has 0 aromatic carbocycles. The van der Waals surface area contributed by atoms with Gasteiger partial charge >= 0.3 is 0 Å². The lowest BCUT2D eigenvalue weighted by atomic mass is 10.2. The molecule has 13 heavy (non-hydrogen) atoms. The zero-order valence-corrected chi connectivity index (χ0v) is 10.6. The molecule has 3 atom stereocenters. The quantitative estimate of drug-likeness (QED) is 0.537. The maximum absolute atomic E-state index is 11.7. The second-order valence-corrected chi connectivity index (χ2v) is 6.70. The smallest absolute Gasteiger partial charge is 0.230 e. The van der Waals surface area contributed by atoms with Gasteiger partial charge in [-0.15, -0.1) is 0 Å². The number of halogens is 2. The van der Waals surface area contributed by atoms with E-state index in [1.807, 2.05) is 0 Å². The van der Waals surface area contributed by atoms with Gasteiger partial charge in [-0.05, 0) is 5.57 Å². The van der Waals surface area contributed by atoms with E-state index < -0.39 is 10.8 Å². The molecule has 72 valence electrons. The van der Waals surface area contributed by atoms with Gasteiger partial charge in [-0.1, -0.05) is 31.9 Å². The highest BCUT2D eigenvalue weighted by atomic mass is 79.9. The van der Waals surface area contributed by atoms with Crippen molar-refractivity contribution in [3.05, 3.63) is 11.8 Å². The summed E-state index contributed by atoms with van der Waals surface area (Å²) in [6, 6.07) is 0. The molecule has 1 amide bonds. The fourth-order valence-corrected chi connectivity index (χ4v) is 4.94. The second-order valence-electron chi connectivity index (χ2n) is 2.94. The van der Waals surface area contributed by atoms with Crippen LogP contribution < -0.4 is 0 Å². The molecule has 0 radical (unpaired) electrons. The average molecular weight is 329 g/mol. The Balaban J connectivity index is 2.31. The molecule has 6 heteroatoms. The minimum absolute atomic E-state index is 0.0659. The van der Waals surface area contributed by atoms with E-state index in [1.54, 1.807) is 11.1 Å². The third-order valence-electron chi connectivity index (χ3n) is 2.17. The summed E-state index contributed by atoms with van der Waals surface area (Å²) in [6.45, 7) is 0. The molecule has 1 fully saturated rings. The summed E-state index contributed by atoms with van der Waals surface area (Å²) in [7, 11) is -1.00. The van der Waals surface area contributed by atoms with Gasteiger partial charge in [0, 0.05) is 11.5 Å². The highest BCUT2D eigenvalue weighted by Crippen LogP contribution is 2.35. The predicted molar refractivity (Wildman–Crippen MR) is 58.0 cm³/mol. The Hall–Kier alpha value is 0.320. The Bertz CT molecular complexity index is 318. The fourth-order valence-electron chi connectivity index (χ4n) is 1.37. The summed E-state index contributed by atoms with van der Waals surface area (Å²) in [5.74, 6) is 0.0659. The normalized spacial score (nSPS) is 38.0. The number of alkyl halides is 2. The van der Waals surface area contributed by atoms with Crippen molar-refractivity contribution in [3.63, 3.8) is 0 Å². The van der Waals surface area contributed by atoms with Gasteiger partial charge in [0.2, 0.25) is 5.91 Å². The van der Waals surface area contributed by atoms with Crippen molar-refractivity contribution < 1.29 is 9.00 Å². The van der Waals surface area contributed by atoms with E-state index in [0.717, 1.165) is 5.57 Å². The summed E-state index contributed by atoms with van der Waals surface area (Å²) < 4.78 is 11.6. The van der Waals surface area contributed by atoms with Crippen LogP contribution in [-0.2, 0) is 15.6 Å². The Morgan fingerprint density at radius 1 is 1.69 bits per heavy atom. The maximum Gasteiger partial charge on any atom is 0.230 e. The SMILES string of the molecule is O=C1C[C@H]2N1C=C(CBr)C(Br)S2=O. The van der Waals surface area contributed by atoms with E-state index in [4.69, 9.17) is 0 Å². The van der Waals surface area contributed by atoms with Crippen LogP contribution in [0.15, 0.2) is 11.8 Å². The summed E-state index contributed by atoms with van der Waals surface area (Å²) >= 11 is 6.67. The van der Waals surface area contributed by atoms with E-state index in [1.165, 1.54) is 0 Å². The van der Waals surface area contributed by atoms with Gasteiger partial charge in [0.25, 0.3) is 0 Å². The summed E-state index contributed by atoms with van der Waals surface area (Å²) in [5.41, 5.74) is 0.961. The highest BCUT2D eigenvalue weighted by Gasteiger charge is 2.45. The van der Waals surface area contributed by atoms with Crippen molar-refractivity contribution in [2.75, 3.05) is 5.33 Å². The molecule has 2 heterocycles. The first-order valence-corrected chi connectivity index (χ1v) is 7.07. The lowest BCUT2D eigenvalue weighted by Gasteiger charge is -2.42. The summed E-state index contributed by atoms with van der Waals surface area (Å²) in [4.78, 5) is 12.7. The topological polar surface area (TPSA) is 37.4 Å². The molecular weight excluding hydrogens is 322 g/mol. The number of β-lactam (4-membered cyclic amide) rings is 1. The molecule has 2 rings (SSSR count). The fraction of sp³-hybridized carbons (Fsp3) is 0.571. The molecule has 2 aliphatic heterocycles. The lowest BCUT2D eigenvalue weighted by Crippen LogP contribution is -2.55. The number of fused-ring (bicyclic) bond motifs is 1. The zero-order chi connectivity index (χ0) is 9.59. The Morgan fingerprint density at radius 3 is 2.92 bits per heavy atom. The Kier molecular flexibility index (Phi) is 2.63. The monoisotopic (exact) mass is 327 g/mol. The summed E-state index contributed by atoms with van der Waals surface area (Å²) in [6.07, 6.45) is 2.22. The maximum atomic E-state index is 11.7. The number of amides is 1. The molecule has 2 unspecified atom stereocenters. The third-order valence-corrected chi connectivity index (χ3v) is 6.15. The molecule has 2 aliphatic rings. The van der Waals surface area contributed by atoms with Crippen LogP contribution in [0.4, 0.5) is 0 Å². The van der Waals surface area contributed by atoms with Gasteiger partial charge in [0.05, 0.1) is 17.2 Å². The largest absolute Gasteiger partial charge is 0.303 e. The molecule has 0 aromatic heterocycles. The minimum atomic E-state index is -1.00. The first kappa shape index (κ1) is 9.86. The van der Waals surface area contributed by atoms with Crippen molar-refractivity contribution in [3.8, 4) is 0 Å². The third kappa shape index (κ3) is 1.43. The van der Waals surface area contributed by atoms with Gasteiger partial charge in [-0.3, -0.25) is 9.00 Å². The van der Waals surface area contributed by atoms with Crippen LogP contribution in [-0.4, -0.2) is 29.9 Å². The molecular formula is C7H7Br2NO2S. The van der Waals surface area contributed by atoms with E-state index in [2.05, 4.69) is 31.9 Å². The number of carbonyl (C=O) groups excluding carboxylic acids is 1. The van der Waals surface area contributed by atoms with Crippen LogP contribution >= 0.6 is 31.9 Å². The number of hydrogen-bond donors (Lipinski definition) is 0. The van der Waals surface area contributed by atoms with Crippen molar-refractivity contribution in [2.24, 2.45) is 0 Å². The van der Waals surface area contributed by atoms with E-state index >= 15 is 0 Å². The molecule has 0 N–H and O–H groups in total. The first-order valence-electron chi connectivity index (χ1n) is 3.76. The Morgan fingerprint density at radius 2 is 2.38 bits per heavy atom. The van der Waals surface area contributed by atoms with E-state index in [0.29, 0.717) is 11.8 Å². The van der Waals surface area contributed by atoms with Gasteiger partial charge < -0.3 is 4.90 Å². The van der Waals surface area contributed by atoms with Crippen LogP contribution in [0.25, 0.3) is 0 Å². The van der Waals surface area contributed by atoms with Crippen molar-refractivity contribution in [1.82, 2.24) is 4.90 Å².